The molecule has 16 heavy (non-hydrogen) atoms. The van der Waals surface area contributed by atoms with Crippen molar-refractivity contribution >= 4 is 27.5 Å². The molecule has 4 N–H and O–H groups in total. The Morgan fingerprint density at radius 2 is 2.06 bits per heavy atom. The van der Waals surface area contributed by atoms with Gasteiger partial charge in [0, 0.05) is 12.1 Å². The Morgan fingerprint density at radius 1 is 1.38 bits per heavy atom. The van der Waals surface area contributed by atoms with Crippen LogP contribution in [0.1, 0.15) is 15.9 Å². The van der Waals surface area contributed by atoms with Crippen LogP contribution in [0.4, 0.5) is 0 Å². The van der Waals surface area contributed by atoms with Crippen molar-refractivity contribution in [1.29, 1.82) is 0 Å². The zero-order chi connectivity index (χ0) is 11.9. The molecule has 2 rings (SSSR count). The molecule has 1 aromatic carbocycles. The van der Waals surface area contributed by atoms with Gasteiger partial charge >= 0.3 is 0 Å². The SMILES string of the molecule is NS(=O)(=O)c1cc2c(cc1Cl)C(=O)NNC2. The Bertz CT molecular complexity index is 570. The molecular formula is C8H8ClN3O3S. The largest absolute Gasteiger partial charge is 0.287 e. The van der Waals surface area contributed by atoms with E-state index in [1.54, 1.807) is 0 Å². The molecule has 0 aromatic heterocycles. The second-order valence-electron chi connectivity index (χ2n) is 3.29. The van der Waals surface area contributed by atoms with Crippen LogP contribution in [0.2, 0.25) is 5.02 Å². The van der Waals surface area contributed by atoms with E-state index in [9.17, 15) is 13.2 Å². The topological polar surface area (TPSA) is 101 Å². The number of amides is 1. The molecule has 1 amide bonds. The Hall–Kier alpha value is -1.15. The maximum atomic E-state index is 11.4. The van der Waals surface area contributed by atoms with Crippen molar-refractivity contribution in [3.05, 3.63) is 28.3 Å². The van der Waals surface area contributed by atoms with E-state index in [1.165, 1.54) is 12.1 Å². The van der Waals surface area contributed by atoms with Gasteiger partial charge in [-0.15, -0.1) is 0 Å². The molecule has 6 nitrogen and oxygen atoms in total. The molecule has 0 saturated heterocycles. The van der Waals surface area contributed by atoms with Gasteiger partial charge < -0.3 is 0 Å². The van der Waals surface area contributed by atoms with Gasteiger partial charge in [-0.25, -0.2) is 19.0 Å². The minimum absolute atomic E-state index is 0.0571. The molecule has 0 fully saturated rings. The Kier molecular flexibility index (Phi) is 2.62. The molecule has 0 bridgehead atoms. The summed E-state index contributed by atoms with van der Waals surface area (Å²) < 4.78 is 22.4. The zero-order valence-corrected chi connectivity index (χ0v) is 9.52. The summed E-state index contributed by atoms with van der Waals surface area (Å²) in [6, 6.07) is 2.60. The lowest BCUT2D eigenvalue weighted by Crippen LogP contribution is -2.42. The van der Waals surface area contributed by atoms with Crippen LogP contribution in [0.25, 0.3) is 0 Å². The van der Waals surface area contributed by atoms with Crippen LogP contribution in [0.5, 0.6) is 0 Å². The predicted octanol–water partition coefficient (Wildman–Crippen LogP) is -0.265. The van der Waals surface area contributed by atoms with E-state index < -0.39 is 10.0 Å². The van der Waals surface area contributed by atoms with E-state index in [2.05, 4.69) is 10.9 Å². The van der Waals surface area contributed by atoms with Crippen molar-refractivity contribution in [2.24, 2.45) is 5.14 Å². The van der Waals surface area contributed by atoms with Gasteiger partial charge in [-0.1, -0.05) is 11.6 Å². The highest BCUT2D eigenvalue weighted by Gasteiger charge is 2.22. The molecule has 1 aromatic rings. The van der Waals surface area contributed by atoms with E-state index in [4.69, 9.17) is 16.7 Å². The van der Waals surface area contributed by atoms with Crippen molar-refractivity contribution in [2.75, 3.05) is 0 Å². The van der Waals surface area contributed by atoms with Crippen LogP contribution in [-0.2, 0) is 16.6 Å². The third kappa shape index (κ3) is 1.90. The van der Waals surface area contributed by atoms with Crippen LogP contribution < -0.4 is 16.0 Å². The van der Waals surface area contributed by atoms with Crippen LogP contribution in [-0.4, -0.2) is 14.3 Å². The summed E-state index contributed by atoms with van der Waals surface area (Å²) in [5.74, 6) is -0.357. The number of primary sulfonamides is 1. The first-order valence-corrected chi connectivity index (χ1v) is 6.20. The van der Waals surface area contributed by atoms with E-state index in [0.29, 0.717) is 17.7 Å². The average Bonchev–Trinajstić information content (AvgIpc) is 2.17. The van der Waals surface area contributed by atoms with Crippen LogP contribution in [0.3, 0.4) is 0 Å². The third-order valence-corrected chi connectivity index (χ3v) is 3.57. The summed E-state index contributed by atoms with van der Waals surface area (Å²) in [7, 11) is -3.88. The number of carbonyl (C=O) groups excluding carboxylic acids is 1. The summed E-state index contributed by atoms with van der Waals surface area (Å²) in [5.41, 5.74) is 5.89. The number of hydrogen-bond acceptors (Lipinski definition) is 4. The van der Waals surface area contributed by atoms with Gasteiger partial charge in [-0.2, -0.15) is 0 Å². The number of hydrogen-bond donors (Lipinski definition) is 3. The first-order chi connectivity index (χ1) is 7.39. The highest BCUT2D eigenvalue weighted by atomic mass is 35.5. The minimum atomic E-state index is -3.88. The van der Waals surface area contributed by atoms with Crippen molar-refractivity contribution in [2.45, 2.75) is 11.4 Å². The van der Waals surface area contributed by atoms with Crippen LogP contribution >= 0.6 is 11.6 Å². The van der Waals surface area contributed by atoms with Crippen molar-refractivity contribution in [3.63, 3.8) is 0 Å². The van der Waals surface area contributed by atoms with Crippen molar-refractivity contribution in [3.8, 4) is 0 Å². The van der Waals surface area contributed by atoms with E-state index in [0.717, 1.165) is 0 Å². The molecule has 0 aliphatic carbocycles. The molecule has 8 heteroatoms. The van der Waals surface area contributed by atoms with E-state index >= 15 is 0 Å². The number of carbonyl (C=O) groups is 1. The molecule has 0 spiro atoms. The lowest BCUT2D eigenvalue weighted by atomic mass is 10.1. The number of nitrogens with one attached hydrogen (secondary N) is 2. The standard InChI is InChI=1S/C8H8ClN3O3S/c9-6-2-5-4(3-11-12-8(5)13)1-7(6)16(10,14)15/h1-2,11H,3H2,(H,12,13)(H2,10,14,15). The van der Waals surface area contributed by atoms with Gasteiger partial charge in [-0.3, -0.25) is 10.2 Å². The summed E-state index contributed by atoms with van der Waals surface area (Å²) in [4.78, 5) is 11.2. The van der Waals surface area contributed by atoms with Gasteiger partial charge in [0.15, 0.2) is 0 Å². The molecule has 0 unspecified atom stereocenters. The zero-order valence-electron chi connectivity index (χ0n) is 7.95. The summed E-state index contributed by atoms with van der Waals surface area (Å²) >= 11 is 5.75. The molecule has 0 saturated carbocycles. The first-order valence-electron chi connectivity index (χ1n) is 4.28. The fourth-order valence-electron chi connectivity index (χ4n) is 1.46. The summed E-state index contributed by atoms with van der Waals surface area (Å²) in [5, 5.41) is 4.94. The first kappa shape index (κ1) is 11.3. The number of nitrogens with two attached hydrogens (primary N) is 1. The third-order valence-electron chi connectivity index (χ3n) is 2.19. The fourth-order valence-corrected chi connectivity index (χ4v) is 2.58. The lowest BCUT2D eigenvalue weighted by molar-refractivity contribution is 0.0920. The maximum Gasteiger partial charge on any atom is 0.265 e. The summed E-state index contributed by atoms with van der Waals surface area (Å²) in [6.07, 6.45) is 0. The van der Waals surface area contributed by atoms with Gasteiger partial charge in [0.1, 0.15) is 4.90 Å². The van der Waals surface area contributed by atoms with E-state index in [1.807, 2.05) is 0 Å². The number of rotatable bonds is 1. The molecule has 0 atom stereocenters. The minimum Gasteiger partial charge on any atom is -0.287 e. The Labute approximate surface area is 96.8 Å². The summed E-state index contributed by atoms with van der Waals surface area (Å²) in [6.45, 7) is 0.320. The predicted molar refractivity (Wildman–Crippen MR) is 57.1 cm³/mol. The Morgan fingerprint density at radius 3 is 2.69 bits per heavy atom. The highest BCUT2D eigenvalue weighted by molar-refractivity contribution is 7.89. The Balaban J connectivity index is 2.67. The number of halogens is 1. The second-order valence-corrected chi connectivity index (χ2v) is 5.23. The fraction of sp³-hybridized carbons (Fsp3) is 0.125. The normalized spacial score (nSPS) is 15.5. The molecule has 1 heterocycles. The van der Waals surface area contributed by atoms with Gasteiger partial charge in [0.05, 0.1) is 5.02 Å². The van der Waals surface area contributed by atoms with Gasteiger partial charge in [0.2, 0.25) is 10.0 Å². The number of benzene rings is 1. The maximum absolute atomic E-state index is 11.4. The van der Waals surface area contributed by atoms with Gasteiger partial charge in [0.25, 0.3) is 5.91 Å². The quantitative estimate of drug-likeness (QED) is 0.648. The van der Waals surface area contributed by atoms with Crippen molar-refractivity contribution < 1.29 is 13.2 Å². The highest BCUT2D eigenvalue weighted by Crippen LogP contribution is 2.25. The monoisotopic (exact) mass is 261 g/mol. The lowest BCUT2D eigenvalue weighted by Gasteiger charge is -2.18. The molecule has 0 radical (unpaired) electrons. The van der Waals surface area contributed by atoms with Crippen LogP contribution in [0.15, 0.2) is 17.0 Å². The molecule has 1 aliphatic rings. The molecular weight excluding hydrogens is 254 g/mol. The molecule has 1 aliphatic heterocycles. The van der Waals surface area contributed by atoms with Crippen LogP contribution in [0, 0.1) is 0 Å². The second kappa shape index (κ2) is 3.70. The van der Waals surface area contributed by atoms with E-state index in [-0.39, 0.29) is 15.8 Å². The number of hydrazine groups is 1. The average molecular weight is 262 g/mol. The van der Waals surface area contributed by atoms with Crippen molar-refractivity contribution in [1.82, 2.24) is 10.9 Å². The molecule has 86 valence electrons. The van der Waals surface area contributed by atoms with Gasteiger partial charge in [-0.05, 0) is 17.7 Å². The number of fused-ring (bicyclic) bond motifs is 1. The smallest absolute Gasteiger partial charge is 0.265 e. The number of sulfonamides is 1.